The molecule has 10 nitrogen and oxygen atoms in total. The number of halogens is 2. The number of carboxylic acid groups (broad SMARTS) is 1. The Kier molecular flexibility index (Phi) is 10.1. The van der Waals surface area contributed by atoms with Gasteiger partial charge in [-0.25, -0.2) is 9.59 Å². The molecular weight excluding hydrogens is 627 g/mol. The quantitative estimate of drug-likeness (QED) is 0.370. The molecule has 12 heteroatoms. The Morgan fingerprint density at radius 2 is 1.61 bits per heavy atom. The van der Waals surface area contributed by atoms with Crippen LogP contribution >= 0.6 is 23.2 Å². The topological polar surface area (TPSA) is 105 Å². The van der Waals surface area contributed by atoms with Crippen molar-refractivity contribution in [3.8, 4) is 11.3 Å². The van der Waals surface area contributed by atoms with Gasteiger partial charge in [-0.15, -0.1) is 0 Å². The molecule has 6 rings (SSSR count). The molecule has 3 fully saturated rings. The Bertz CT molecular complexity index is 1580. The number of hydrogen-bond acceptors (Lipinski definition) is 5. The molecule has 2 aromatic carbocycles. The number of imidazole rings is 1. The number of carbonyl (C=O) groups is 2. The van der Waals surface area contributed by atoms with Gasteiger partial charge >= 0.3 is 11.8 Å². The average molecular weight is 670 g/mol. The Morgan fingerprint density at radius 3 is 2.28 bits per heavy atom. The van der Waals surface area contributed by atoms with Gasteiger partial charge in [0.1, 0.15) is 0 Å². The second kappa shape index (κ2) is 14.2. The minimum atomic E-state index is -1.06. The molecule has 0 spiro atoms. The Hall–Kier alpha value is -3.31. The van der Waals surface area contributed by atoms with Crippen molar-refractivity contribution in [1.82, 2.24) is 29.2 Å². The molecule has 3 atom stereocenters. The van der Waals surface area contributed by atoms with Crippen LogP contribution in [0.1, 0.15) is 37.3 Å². The lowest BCUT2D eigenvalue weighted by Crippen LogP contribution is -2.58. The second-order valence-electron chi connectivity index (χ2n) is 12.9. The van der Waals surface area contributed by atoms with E-state index in [0.717, 1.165) is 50.1 Å². The van der Waals surface area contributed by atoms with E-state index in [1.54, 1.807) is 16.7 Å². The van der Waals surface area contributed by atoms with Crippen LogP contribution in [0.2, 0.25) is 10.0 Å². The molecule has 3 saturated heterocycles. The number of hydrogen-bond donors (Lipinski definition) is 2. The van der Waals surface area contributed by atoms with Crippen molar-refractivity contribution in [3.63, 3.8) is 0 Å². The summed E-state index contributed by atoms with van der Waals surface area (Å²) in [5.74, 6) is -0.716. The fraction of sp³-hybridized carbons (Fsp3) is 0.500. The third-order valence-electron chi connectivity index (χ3n) is 10.1. The lowest BCUT2D eigenvalue weighted by atomic mass is 9.83. The average Bonchev–Trinajstić information content (AvgIpc) is 3.47. The van der Waals surface area contributed by atoms with E-state index in [4.69, 9.17) is 23.2 Å². The number of aromatic amines is 1. The van der Waals surface area contributed by atoms with E-state index in [0.29, 0.717) is 54.1 Å². The monoisotopic (exact) mass is 668 g/mol. The zero-order valence-corrected chi connectivity index (χ0v) is 27.7. The van der Waals surface area contributed by atoms with Crippen LogP contribution in [0.15, 0.2) is 59.5 Å². The molecule has 1 aromatic heterocycles. The van der Waals surface area contributed by atoms with Crippen LogP contribution in [0.3, 0.4) is 0 Å². The molecule has 2 amide bonds. The van der Waals surface area contributed by atoms with E-state index in [1.807, 2.05) is 47.5 Å². The highest BCUT2D eigenvalue weighted by molar-refractivity contribution is 6.42. The highest BCUT2D eigenvalue weighted by Gasteiger charge is 2.43. The molecule has 3 aromatic rings. The van der Waals surface area contributed by atoms with Crippen molar-refractivity contribution in [2.24, 2.45) is 5.92 Å². The third-order valence-corrected chi connectivity index (χ3v) is 10.9. The molecular formula is C34H42Cl2N6O4. The fourth-order valence-corrected chi connectivity index (χ4v) is 7.83. The number of piperazine rings is 1. The Morgan fingerprint density at radius 1 is 0.913 bits per heavy atom. The molecule has 0 aliphatic carbocycles. The fourth-order valence-electron chi connectivity index (χ4n) is 7.51. The first-order chi connectivity index (χ1) is 22.2. The lowest BCUT2D eigenvalue weighted by Gasteiger charge is -2.45. The summed E-state index contributed by atoms with van der Waals surface area (Å²) in [5.41, 5.74) is 2.16. The van der Waals surface area contributed by atoms with E-state index < -0.39 is 18.1 Å². The Balaban J connectivity index is 1.26. The largest absolute Gasteiger partial charge is 0.465 e. The maximum atomic E-state index is 14.5. The molecule has 0 saturated carbocycles. The van der Waals surface area contributed by atoms with Crippen molar-refractivity contribution < 1.29 is 14.7 Å². The van der Waals surface area contributed by atoms with E-state index in [9.17, 15) is 19.5 Å². The minimum absolute atomic E-state index is 0.0580. The number of amides is 2. The van der Waals surface area contributed by atoms with Gasteiger partial charge in [-0.2, -0.15) is 0 Å². The van der Waals surface area contributed by atoms with E-state index in [2.05, 4.69) is 21.8 Å². The normalized spacial score (nSPS) is 22.6. The number of rotatable bonds is 7. The number of carbonyl (C=O) groups excluding carboxylic acids is 1. The summed E-state index contributed by atoms with van der Waals surface area (Å²) in [6, 6.07) is 14.6. The molecule has 0 bridgehead atoms. The van der Waals surface area contributed by atoms with Crippen LogP contribution in [0.25, 0.3) is 11.3 Å². The van der Waals surface area contributed by atoms with Crippen molar-refractivity contribution in [2.45, 2.75) is 50.2 Å². The Labute approximate surface area is 279 Å². The molecule has 0 radical (unpaired) electrons. The summed E-state index contributed by atoms with van der Waals surface area (Å²) in [6.45, 7) is 5.19. The maximum absolute atomic E-state index is 14.5. The number of piperidine rings is 2. The highest BCUT2D eigenvalue weighted by atomic mass is 35.5. The molecule has 4 heterocycles. The number of nitrogens with one attached hydrogen (secondary N) is 1. The molecule has 3 aliphatic heterocycles. The summed E-state index contributed by atoms with van der Waals surface area (Å²) < 4.78 is 1.68. The van der Waals surface area contributed by atoms with E-state index in [-0.39, 0.29) is 24.2 Å². The van der Waals surface area contributed by atoms with Crippen molar-refractivity contribution >= 4 is 35.2 Å². The van der Waals surface area contributed by atoms with Crippen LogP contribution in [0.4, 0.5) is 4.79 Å². The highest BCUT2D eigenvalue weighted by Crippen LogP contribution is 2.35. The molecule has 246 valence electrons. The van der Waals surface area contributed by atoms with Gasteiger partial charge in [0.2, 0.25) is 5.91 Å². The maximum Gasteiger partial charge on any atom is 0.407 e. The van der Waals surface area contributed by atoms with Gasteiger partial charge in [0.05, 0.1) is 21.7 Å². The second-order valence-corrected chi connectivity index (χ2v) is 13.7. The number of H-pyrrole nitrogens is 1. The van der Waals surface area contributed by atoms with Crippen molar-refractivity contribution in [1.29, 1.82) is 0 Å². The predicted molar refractivity (Wildman–Crippen MR) is 180 cm³/mol. The van der Waals surface area contributed by atoms with Gasteiger partial charge < -0.3 is 24.8 Å². The van der Waals surface area contributed by atoms with Crippen molar-refractivity contribution in [3.05, 3.63) is 80.8 Å². The van der Waals surface area contributed by atoms with Gasteiger partial charge in [0.25, 0.3) is 0 Å². The first-order valence-electron chi connectivity index (χ1n) is 16.2. The van der Waals surface area contributed by atoms with E-state index >= 15 is 0 Å². The van der Waals surface area contributed by atoms with E-state index in [1.165, 1.54) is 4.90 Å². The van der Waals surface area contributed by atoms with Gasteiger partial charge in [0.15, 0.2) is 0 Å². The summed E-state index contributed by atoms with van der Waals surface area (Å²) in [4.78, 5) is 51.5. The third kappa shape index (κ3) is 7.15. The molecule has 2 N–H and O–H groups in total. The first kappa shape index (κ1) is 32.6. The molecule has 3 aliphatic rings. The molecule has 2 unspecified atom stereocenters. The summed E-state index contributed by atoms with van der Waals surface area (Å²) in [7, 11) is 2.16. The van der Waals surface area contributed by atoms with Gasteiger partial charge in [0, 0.05) is 57.0 Å². The number of likely N-dealkylation sites (tertiary alicyclic amines) is 2. The van der Waals surface area contributed by atoms with Crippen LogP contribution in [0, 0.1) is 5.92 Å². The first-order valence-corrected chi connectivity index (χ1v) is 16.9. The minimum Gasteiger partial charge on any atom is -0.465 e. The van der Waals surface area contributed by atoms with Crippen LogP contribution in [0.5, 0.6) is 0 Å². The predicted octanol–water partition coefficient (Wildman–Crippen LogP) is 4.93. The number of nitrogens with zero attached hydrogens (tertiary/aromatic N) is 5. The molecule has 46 heavy (non-hydrogen) atoms. The standard InChI is InChI=1S/C34H42Cl2N6O4/c1-38-12-9-25(10-13-38)39-15-17-40(18-16-39)32(43)27(19-23-7-8-28(35)29(36)20-23)31-21-26(11-14-41(31)34(45)46)42-22-30(37-33(42)44)24-5-3-2-4-6-24/h2-8,20,22,25-27,31H,9-19,21H2,1H3,(H,37,44)(H,45,46)/t26?,27?,31-/m1/s1. The lowest BCUT2D eigenvalue weighted by molar-refractivity contribution is -0.140. The smallest absolute Gasteiger partial charge is 0.407 e. The SMILES string of the molecule is CN1CCC(N2CCN(C(=O)C(Cc3ccc(Cl)c(Cl)c3)[C@H]3CC(n4cc(-c5ccccc5)[nH]c4=O)CCN3C(=O)O)CC2)CC1. The van der Waals surface area contributed by atoms with Gasteiger partial charge in [-0.1, -0.05) is 59.6 Å². The van der Waals surface area contributed by atoms with Gasteiger partial charge in [-0.3, -0.25) is 14.3 Å². The number of aromatic nitrogens is 2. The number of benzene rings is 2. The zero-order valence-electron chi connectivity index (χ0n) is 26.2. The van der Waals surface area contributed by atoms with Crippen LogP contribution in [-0.4, -0.2) is 111 Å². The van der Waals surface area contributed by atoms with Gasteiger partial charge in [-0.05, 0) is 75.5 Å². The summed E-state index contributed by atoms with van der Waals surface area (Å²) in [6.07, 6.45) is 4.13. The van der Waals surface area contributed by atoms with Crippen LogP contribution < -0.4 is 5.69 Å². The summed E-state index contributed by atoms with van der Waals surface area (Å²) >= 11 is 12.6. The van der Waals surface area contributed by atoms with Crippen molar-refractivity contribution in [2.75, 3.05) is 52.9 Å². The van der Waals surface area contributed by atoms with Crippen LogP contribution in [-0.2, 0) is 11.2 Å². The summed E-state index contributed by atoms with van der Waals surface area (Å²) in [5, 5.41) is 11.1. The zero-order chi connectivity index (χ0) is 32.4.